The minimum atomic E-state index is -1.80. The van der Waals surface area contributed by atoms with E-state index in [2.05, 4.69) is 92.1 Å². The van der Waals surface area contributed by atoms with Crippen molar-refractivity contribution in [3.05, 3.63) is 85.1 Å². The second kappa shape index (κ2) is 50.7. The average molecular weight is 1130 g/mol. The predicted octanol–water partition coefficient (Wildman–Crippen LogP) is 11.7. The molecule has 0 spiro atoms. The van der Waals surface area contributed by atoms with Crippen molar-refractivity contribution in [2.45, 2.75) is 306 Å². The molecule has 2 saturated heterocycles. The lowest BCUT2D eigenvalue weighted by Crippen LogP contribution is -2.65. The van der Waals surface area contributed by atoms with Crippen LogP contribution < -0.4 is 5.32 Å². The molecule has 80 heavy (non-hydrogen) atoms. The van der Waals surface area contributed by atoms with Crippen molar-refractivity contribution in [1.82, 2.24) is 5.32 Å². The Kier molecular flexibility index (Phi) is 46.4. The molecule has 14 nitrogen and oxygen atoms in total. The summed E-state index contributed by atoms with van der Waals surface area (Å²) in [6, 6.07) is -0.948. The summed E-state index contributed by atoms with van der Waals surface area (Å²) in [5, 5.41) is 87.2. The molecule has 462 valence electrons. The molecule has 12 unspecified atom stereocenters. The van der Waals surface area contributed by atoms with Crippen molar-refractivity contribution in [2.24, 2.45) is 0 Å². The van der Waals surface area contributed by atoms with Gasteiger partial charge in [-0.05, 0) is 83.5 Å². The van der Waals surface area contributed by atoms with E-state index in [4.69, 9.17) is 18.9 Å². The summed E-state index contributed by atoms with van der Waals surface area (Å²) in [5.74, 6) is -0.264. The van der Waals surface area contributed by atoms with Crippen LogP contribution in [0.5, 0.6) is 0 Å². The van der Waals surface area contributed by atoms with Crippen LogP contribution in [0.1, 0.15) is 232 Å². The van der Waals surface area contributed by atoms with Gasteiger partial charge in [-0.15, -0.1) is 0 Å². The third-order valence-corrected chi connectivity index (χ3v) is 15.0. The van der Waals surface area contributed by atoms with Crippen LogP contribution in [-0.2, 0) is 23.7 Å². The fourth-order valence-electron chi connectivity index (χ4n) is 9.96. The third-order valence-electron chi connectivity index (χ3n) is 15.0. The van der Waals surface area contributed by atoms with Gasteiger partial charge in [0.15, 0.2) is 12.6 Å². The highest BCUT2D eigenvalue weighted by molar-refractivity contribution is 5.76. The lowest BCUT2D eigenvalue weighted by Gasteiger charge is -2.46. The monoisotopic (exact) mass is 1130 g/mol. The van der Waals surface area contributed by atoms with Crippen LogP contribution in [0.15, 0.2) is 85.1 Å². The second-order valence-corrected chi connectivity index (χ2v) is 22.1. The van der Waals surface area contributed by atoms with Gasteiger partial charge in [-0.1, -0.05) is 227 Å². The van der Waals surface area contributed by atoms with Gasteiger partial charge in [-0.25, -0.2) is 0 Å². The van der Waals surface area contributed by atoms with Gasteiger partial charge in [-0.3, -0.25) is 4.79 Å². The molecule has 2 fully saturated rings. The number of rotatable bonds is 50. The molecule has 0 aromatic heterocycles. The first-order valence-electron chi connectivity index (χ1n) is 31.8. The highest BCUT2D eigenvalue weighted by Crippen LogP contribution is 2.30. The molecule has 12 atom stereocenters. The first kappa shape index (κ1) is 73.3. The van der Waals surface area contributed by atoms with Gasteiger partial charge >= 0.3 is 0 Å². The third kappa shape index (κ3) is 35.3. The molecular weight excluding hydrogens is 1010 g/mol. The number of ether oxygens (including phenoxy) is 4. The summed E-state index contributed by atoms with van der Waals surface area (Å²) in [5.41, 5.74) is 0. The smallest absolute Gasteiger partial charge is 0.220 e. The summed E-state index contributed by atoms with van der Waals surface area (Å²) < 4.78 is 22.8. The Bertz CT molecular complexity index is 1660. The van der Waals surface area contributed by atoms with E-state index in [0.717, 1.165) is 83.5 Å². The van der Waals surface area contributed by atoms with E-state index in [1.54, 1.807) is 6.08 Å². The fraction of sp³-hybridized carbons (Fsp3) is 0.773. The maximum Gasteiger partial charge on any atom is 0.220 e. The Morgan fingerprint density at radius 3 is 1.38 bits per heavy atom. The zero-order valence-corrected chi connectivity index (χ0v) is 49.8. The lowest BCUT2D eigenvalue weighted by atomic mass is 9.97. The molecular formula is C66H115NO13. The molecule has 2 rings (SSSR count). The average Bonchev–Trinajstić information content (AvgIpc) is 3.46. The predicted molar refractivity (Wildman–Crippen MR) is 323 cm³/mol. The summed E-state index contributed by atoms with van der Waals surface area (Å²) in [6.07, 6.45) is 52.0. The van der Waals surface area contributed by atoms with E-state index in [9.17, 15) is 45.6 Å². The lowest BCUT2D eigenvalue weighted by molar-refractivity contribution is -0.359. The van der Waals surface area contributed by atoms with Gasteiger partial charge < -0.3 is 65.1 Å². The SMILES string of the molecule is CC/C=C\C/C=C\C/C=C\C/C=C\CCCCCCCCCCC(=O)NC(COC1OC(CO)C(OC2OC(CO)C(O)C(O)C2O)C(O)C1O)C(O)/C=C/CC/C=C/CC/C=C/CCCCCCCCCCCCCCCCC. The normalized spacial score (nSPS) is 24.8. The van der Waals surface area contributed by atoms with E-state index < -0.39 is 86.8 Å². The Balaban J connectivity index is 1.77. The highest BCUT2D eigenvalue weighted by Gasteiger charge is 2.51. The van der Waals surface area contributed by atoms with Crippen LogP contribution in [0.3, 0.4) is 0 Å². The maximum atomic E-state index is 13.3. The Morgan fingerprint density at radius 2 is 0.875 bits per heavy atom. The largest absolute Gasteiger partial charge is 0.394 e. The van der Waals surface area contributed by atoms with Crippen molar-refractivity contribution in [3.8, 4) is 0 Å². The van der Waals surface area contributed by atoms with Gasteiger partial charge in [-0.2, -0.15) is 0 Å². The number of aliphatic hydroxyl groups is 8. The van der Waals surface area contributed by atoms with Crippen molar-refractivity contribution in [2.75, 3.05) is 19.8 Å². The minimum absolute atomic E-state index is 0.256. The van der Waals surface area contributed by atoms with E-state index in [-0.39, 0.29) is 18.9 Å². The van der Waals surface area contributed by atoms with Crippen molar-refractivity contribution < 1.29 is 64.6 Å². The quantitative estimate of drug-likeness (QED) is 0.0204. The summed E-state index contributed by atoms with van der Waals surface area (Å²) in [7, 11) is 0. The number of aliphatic hydroxyl groups excluding tert-OH is 8. The van der Waals surface area contributed by atoms with Gasteiger partial charge in [0.25, 0.3) is 0 Å². The van der Waals surface area contributed by atoms with Crippen LogP contribution in [0.2, 0.25) is 0 Å². The molecule has 0 aliphatic carbocycles. The molecule has 0 aromatic rings. The molecule has 0 radical (unpaired) electrons. The molecule has 9 N–H and O–H groups in total. The Morgan fingerprint density at radius 1 is 0.463 bits per heavy atom. The number of unbranched alkanes of at least 4 members (excludes halogenated alkanes) is 25. The second-order valence-electron chi connectivity index (χ2n) is 22.1. The molecule has 2 aliphatic heterocycles. The zero-order chi connectivity index (χ0) is 58.1. The molecule has 1 amide bonds. The molecule has 2 heterocycles. The van der Waals surface area contributed by atoms with Crippen LogP contribution in [0.25, 0.3) is 0 Å². The molecule has 14 heteroatoms. The van der Waals surface area contributed by atoms with E-state index >= 15 is 0 Å². The van der Waals surface area contributed by atoms with Crippen LogP contribution >= 0.6 is 0 Å². The number of nitrogens with one attached hydrogen (secondary N) is 1. The summed E-state index contributed by atoms with van der Waals surface area (Å²) in [6.45, 7) is 2.66. The number of allylic oxidation sites excluding steroid dienone is 13. The number of carbonyl (C=O) groups is 1. The van der Waals surface area contributed by atoms with Crippen LogP contribution in [-0.4, -0.2) is 140 Å². The Hall–Kier alpha value is -2.83. The zero-order valence-electron chi connectivity index (χ0n) is 49.8. The first-order valence-corrected chi connectivity index (χ1v) is 31.8. The number of hydrogen-bond acceptors (Lipinski definition) is 13. The summed E-state index contributed by atoms with van der Waals surface area (Å²) >= 11 is 0. The van der Waals surface area contributed by atoms with Crippen molar-refractivity contribution >= 4 is 5.91 Å². The van der Waals surface area contributed by atoms with Crippen LogP contribution in [0.4, 0.5) is 0 Å². The Labute approximate surface area is 484 Å². The molecule has 0 bridgehead atoms. The van der Waals surface area contributed by atoms with Gasteiger partial charge in [0.1, 0.15) is 48.8 Å². The summed E-state index contributed by atoms with van der Waals surface area (Å²) in [4.78, 5) is 13.3. The topological polar surface area (TPSA) is 228 Å². The van der Waals surface area contributed by atoms with Gasteiger partial charge in [0.2, 0.25) is 5.91 Å². The number of hydrogen-bond donors (Lipinski definition) is 9. The fourth-order valence-corrected chi connectivity index (χ4v) is 9.96. The number of carbonyl (C=O) groups excluding carboxylic acids is 1. The van der Waals surface area contributed by atoms with Crippen LogP contribution in [0, 0.1) is 0 Å². The highest BCUT2D eigenvalue weighted by atomic mass is 16.7. The van der Waals surface area contributed by atoms with Crippen molar-refractivity contribution in [1.29, 1.82) is 0 Å². The minimum Gasteiger partial charge on any atom is -0.394 e. The van der Waals surface area contributed by atoms with Gasteiger partial charge in [0, 0.05) is 6.42 Å². The van der Waals surface area contributed by atoms with Gasteiger partial charge in [0.05, 0.1) is 32.0 Å². The maximum absolute atomic E-state index is 13.3. The van der Waals surface area contributed by atoms with E-state index in [1.165, 1.54) is 116 Å². The first-order chi connectivity index (χ1) is 39.1. The molecule has 0 saturated carbocycles. The molecule has 2 aliphatic rings. The van der Waals surface area contributed by atoms with E-state index in [0.29, 0.717) is 12.8 Å². The molecule has 0 aromatic carbocycles. The number of amides is 1. The van der Waals surface area contributed by atoms with E-state index in [1.807, 2.05) is 6.08 Å². The van der Waals surface area contributed by atoms with Crippen molar-refractivity contribution in [3.63, 3.8) is 0 Å². The standard InChI is InChI=1S/C66H115NO13/c1-3-5-7-9-11-13-15-17-19-21-23-25-26-27-28-30-31-33-35-37-39-41-43-45-47-49-55(70)54(53-77-65-63(76)61(74)64(57(52-69)79-65)80-66-62(75)60(73)59(72)56(51-68)78-66)67-58(71)50-48-46-44-42-40-38-36-34-32-29-24-22-20-18-16-14-12-10-8-6-4-2/h6,8,12,14,18,20,24,29,31,33,39,41,47,49,54-57,59-66,68-70,72-76H,3-5,7,9-11,13,15-17,19,21-23,25-28,30,32,34-38,40,42-46,48,50-53H2,1-2H3,(H,67,71)/b8-6-,14-12-,20-18-,29-24-,33-31+,41-39+,49-47+.